The standard InChI is InChI=1S/C12H15BrN2O5S/c1-8-10(5-6-20-8)14(2)21(18,19)12-7-9(13)3-4-11(12)15(16)17/h3-4,7-8,10H,5-6H2,1-2H3. The fourth-order valence-corrected chi connectivity index (χ4v) is 4.52. The summed E-state index contributed by atoms with van der Waals surface area (Å²) in [6.45, 7) is 2.27. The Morgan fingerprint density at radius 1 is 1.48 bits per heavy atom. The van der Waals surface area contributed by atoms with Gasteiger partial charge in [0.05, 0.1) is 17.1 Å². The molecule has 1 aromatic carbocycles. The maximum Gasteiger partial charge on any atom is 0.289 e. The molecule has 0 bridgehead atoms. The molecule has 1 aromatic rings. The second-order valence-electron chi connectivity index (χ2n) is 4.82. The Kier molecular flexibility index (Phi) is 4.66. The van der Waals surface area contributed by atoms with E-state index in [1.807, 2.05) is 0 Å². The SMILES string of the molecule is CC1OCCC1N(C)S(=O)(=O)c1cc(Br)ccc1[N+](=O)[O-]. The monoisotopic (exact) mass is 378 g/mol. The molecule has 9 heteroatoms. The molecule has 1 saturated heterocycles. The van der Waals surface area contributed by atoms with Crippen molar-refractivity contribution in [1.29, 1.82) is 0 Å². The van der Waals surface area contributed by atoms with Crippen molar-refractivity contribution in [3.8, 4) is 0 Å². The van der Waals surface area contributed by atoms with Crippen molar-refractivity contribution in [2.75, 3.05) is 13.7 Å². The highest BCUT2D eigenvalue weighted by atomic mass is 79.9. The molecule has 7 nitrogen and oxygen atoms in total. The van der Waals surface area contributed by atoms with Crippen LogP contribution in [0.4, 0.5) is 5.69 Å². The molecule has 0 spiro atoms. The third-order valence-electron chi connectivity index (χ3n) is 3.58. The van der Waals surface area contributed by atoms with Crippen molar-refractivity contribution in [3.05, 3.63) is 32.8 Å². The van der Waals surface area contributed by atoms with Gasteiger partial charge in [0, 0.05) is 24.2 Å². The molecule has 0 radical (unpaired) electrons. The van der Waals surface area contributed by atoms with Crippen LogP contribution >= 0.6 is 15.9 Å². The maximum atomic E-state index is 12.7. The summed E-state index contributed by atoms with van der Waals surface area (Å²) in [5, 5.41) is 11.1. The lowest BCUT2D eigenvalue weighted by molar-refractivity contribution is -0.387. The zero-order chi connectivity index (χ0) is 15.8. The van der Waals surface area contributed by atoms with Gasteiger partial charge in [-0.2, -0.15) is 4.31 Å². The molecule has 1 fully saturated rings. The second-order valence-corrected chi connectivity index (χ2v) is 7.70. The first-order chi connectivity index (χ1) is 9.75. The average molecular weight is 379 g/mol. The lowest BCUT2D eigenvalue weighted by Gasteiger charge is -2.25. The number of nitro benzene ring substituents is 1. The topological polar surface area (TPSA) is 89.8 Å². The number of sulfonamides is 1. The van der Waals surface area contributed by atoms with Crippen molar-refractivity contribution in [2.24, 2.45) is 0 Å². The minimum absolute atomic E-state index is 0.240. The first-order valence-electron chi connectivity index (χ1n) is 6.28. The Bertz CT molecular complexity index is 664. The normalized spacial score (nSPS) is 22.7. The average Bonchev–Trinajstić information content (AvgIpc) is 2.83. The summed E-state index contributed by atoms with van der Waals surface area (Å²) in [6.07, 6.45) is 0.328. The predicted octanol–water partition coefficient (Wildman–Crippen LogP) is 2.16. The van der Waals surface area contributed by atoms with E-state index >= 15 is 0 Å². The number of halogens is 1. The van der Waals surface area contributed by atoms with E-state index in [0.29, 0.717) is 17.5 Å². The van der Waals surface area contributed by atoms with E-state index in [1.54, 1.807) is 6.92 Å². The molecule has 2 atom stereocenters. The molecular formula is C12H15BrN2O5S. The third-order valence-corrected chi connectivity index (χ3v) is 5.98. The Labute approximate surface area is 131 Å². The number of hydrogen-bond acceptors (Lipinski definition) is 5. The highest BCUT2D eigenvalue weighted by Crippen LogP contribution is 2.32. The molecule has 2 unspecified atom stereocenters. The summed E-state index contributed by atoms with van der Waals surface area (Å²) in [5.41, 5.74) is -0.434. The van der Waals surface area contributed by atoms with Crippen LogP contribution in [0.15, 0.2) is 27.6 Å². The minimum atomic E-state index is -3.97. The van der Waals surface area contributed by atoms with E-state index in [-0.39, 0.29) is 17.0 Å². The zero-order valence-electron chi connectivity index (χ0n) is 11.5. The van der Waals surface area contributed by atoms with E-state index in [9.17, 15) is 18.5 Å². The predicted molar refractivity (Wildman–Crippen MR) is 79.6 cm³/mol. The lowest BCUT2D eigenvalue weighted by atomic mass is 10.2. The molecule has 0 aliphatic carbocycles. The highest BCUT2D eigenvalue weighted by molar-refractivity contribution is 9.10. The first-order valence-corrected chi connectivity index (χ1v) is 8.52. The summed E-state index contributed by atoms with van der Waals surface area (Å²) >= 11 is 3.15. The van der Waals surface area contributed by atoms with Crippen molar-refractivity contribution < 1.29 is 18.1 Å². The Balaban J connectivity index is 2.48. The van der Waals surface area contributed by atoms with Gasteiger partial charge in [0.2, 0.25) is 10.0 Å². The zero-order valence-corrected chi connectivity index (χ0v) is 13.9. The summed E-state index contributed by atoms with van der Waals surface area (Å²) in [4.78, 5) is 10.1. The van der Waals surface area contributed by atoms with E-state index in [1.165, 1.54) is 29.6 Å². The van der Waals surface area contributed by atoms with Gasteiger partial charge < -0.3 is 4.74 Å². The lowest BCUT2D eigenvalue weighted by Crippen LogP contribution is -2.41. The van der Waals surface area contributed by atoms with Crippen molar-refractivity contribution in [1.82, 2.24) is 4.31 Å². The Hall–Kier alpha value is -1.03. The van der Waals surface area contributed by atoms with Crippen LogP contribution in [0.3, 0.4) is 0 Å². The molecule has 0 N–H and O–H groups in total. The van der Waals surface area contributed by atoms with Crippen molar-refractivity contribution in [3.63, 3.8) is 0 Å². The summed E-state index contributed by atoms with van der Waals surface area (Å²) in [7, 11) is -2.55. The number of rotatable bonds is 4. The van der Waals surface area contributed by atoms with Crippen LogP contribution in [-0.4, -0.2) is 43.4 Å². The summed E-state index contributed by atoms with van der Waals surface area (Å²) in [6, 6.07) is 3.55. The number of nitrogens with zero attached hydrogens (tertiary/aromatic N) is 2. The van der Waals surface area contributed by atoms with Gasteiger partial charge in [-0.1, -0.05) is 15.9 Å². The number of benzene rings is 1. The molecular weight excluding hydrogens is 364 g/mol. The number of nitro groups is 1. The molecule has 0 aromatic heterocycles. The smallest absolute Gasteiger partial charge is 0.289 e. The van der Waals surface area contributed by atoms with Crippen molar-refractivity contribution in [2.45, 2.75) is 30.4 Å². The highest BCUT2D eigenvalue weighted by Gasteiger charge is 2.38. The minimum Gasteiger partial charge on any atom is -0.377 e. The number of hydrogen-bond donors (Lipinski definition) is 0. The molecule has 21 heavy (non-hydrogen) atoms. The van der Waals surface area contributed by atoms with Gasteiger partial charge in [0.1, 0.15) is 0 Å². The van der Waals surface area contributed by atoms with E-state index in [2.05, 4.69) is 15.9 Å². The molecule has 1 aliphatic heterocycles. The van der Waals surface area contributed by atoms with Crippen LogP contribution < -0.4 is 0 Å². The largest absolute Gasteiger partial charge is 0.377 e. The quantitative estimate of drug-likeness (QED) is 0.591. The number of likely N-dealkylation sites (N-methyl/N-ethyl adjacent to an activating group) is 1. The Morgan fingerprint density at radius 2 is 2.14 bits per heavy atom. The van der Waals surface area contributed by atoms with Crippen LogP contribution in [0.1, 0.15) is 13.3 Å². The molecule has 2 rings (SSSR count). The third kappa shape index (κ3) is 3.10. The van der Waals surface area contributed by atoms with Gasteiger partial charge in [-0.25, -0.2) is 8.42 Å². The van der Waals surface area contributed by atoms with E-state index in [0.717, 1.165) is 0 Å². The molecule has 116 valence electrons. The number of ether oxygens (including phenoxy) is 1. The van der Waals surface area contributed by atoms with Gasteiger partial charge in [0.25, 0.3) is 5.69 Å². The van der Waals surface area contributed by atoms with Gasteiger partial charge in [0.15, 0.2) is 4.90 Å². The fourth-order valence-electron chi connectivity index (χ4n) is 2.38. The maximum absolute atomic E-state index is 12.7. The summed E-state index contributed by atoms with van der Waals surface area (Å²) < 4.78 is 32.4. The van der Waals surface area contributed by atoms with Crippen LogP contribution in [-0.2, 0) is 14.8 Å². The molecule has 0 amide bonds. The fraction of sp³-hybridized carbons (Fsp3) is 0.500. The van der Waals surface area contributed by atoms with Crippen LogP contribution in [0.25, 0.3) is 0 Å². The molecule has 1 aliphatic rings. The molecule has 1 heterocycles. The van der Waals surface area contributed by atoms with E-state index in [4.69, 9.17) is 4.74 Å². The van der Waals surface area contributed by atoms with Gasteiger partial charge >= 0.3 is 0 Å². The van der Waals surface area contributed by atoms with Crippen LogP contribution in [0.2, 0.25) is 0 Å². The van der Waals surface area contributed by atoms with E-state index < -0.39 is 20.6 Å². The van der Waals surface area contributed by atoms with Gasteiger partial charge in [-0.05, 0) is 25.5 Å². The first kappa shape index (κ1) is 16.3. The van der Waals surface area contributed by atoms with Crippen LogP contribution in [0, 0.1) is 10.1 Å². The van der Waals surface area contributed by atoms with Gasteiger partial charge in [-0.3, -0.25) is 10.1 Å². The Morgan fingerprint density at radius 3 is 2.67 bits per heavy atom. The second kappa shape index (κ2) is 5.99. The molecule has 0 saturated carbocycles. The van der Waals surface area contributed by atoms with Gasteiger partial charge in [-0.15, -0.1) is 0 Å². The summed E-state index contributed by atoms with van der Waals surface area (Å²) in [5.74, 6) is 0. The van der Waals surface area contributed by atoms with Crippen LogP contribution in [0.5, 0.6) is 0 Å². The van der Waals surface area contributed by atoms with Crippen molar-refractivity contribution >= 4 is 31.6 Å².